The normalized spacial score (nSPS) is 16.6. The molecule has 1 aliphatic rings. The van der Waals surface area contributed by atoms with Gasteiger partial charge in [-0.25, -0.2) is 0 Å². The summed E-state index contributed by atoms with van der Waals surface area (Å²) in [6.45, 7) is 5.28. The summed E-state index contributed by atoms with van der Waals surface area (Å²) in [5.74, 6) is 0.156. The van der Waals surface area contributed by atoms with Crippen molar-refractivity contribution >= 4 is 11.5 Å². The van der Waals surface area contributed by atoms with Crippen LogP contribution in [0.3, 0.4) is 0 Å². The fourth-order valence-corrected chi connectivity index (χ4v) is 3.27. The smallest absolute Gasteiger partial charge is 0.273 e. The molecular formula is C19H22N2O5. The quantitative estimate of drug-likeness (QED) is 0.430. The first-order chi connectivity index (χ1) is 12.5. The lowest BCUT2D eigenvalue weighted by atomic mass is 10.1. The first-order valence-electron chi connectivity index (χ1n) is 8.64. The Kier molecular flexibility index (Phi) is 5.37. The van der Waals surface area contributed by atoms with Crippen LogP contribution in [0.15, 0.2) is 30.3 Å². The molecule has 1 saturated heterocycles. The molecule has 138 valence electrons. The Morgan fingerprint density at radius 3 is 2.88 bits per heavy atom. The summed E-state index contributed by atoms with van der Waals surface area (Å²) < 4.78 is 13.3. The summed E-state index contributed by atoms with van der Waals surface area (Å²) in [7, 11) is 0. The number of ether oxygens (including phenoxy) is 2. The minimum Gasteiger partial charge on any atom is -0.485 e. The number of non-ortho nitro benzene ring substituents is 1. The van der Waals surface area contributed by atoms with Gasteiger partial charge < -0.3 is 14.0 Å². The first kappa shape index (κ1) is 18.1. The lowest BCUT2D eigenvalue weighted by molar-refractivity contribution is -0.384. The topological polar surface area (TPSA) is 83.6 Å². The zero-order valence-corrected chi connectivity index (χ0v) is 14.9. The molecule has 0 N–H and O–H groups in total. The molecule has 2 aromatic rings. The summed E-state index contributed by atoms with van der Waals surface area (Å²) in [5.41, 5.74) is 2.46. The molecule has 0 radical (unpaired) electrons. The number of nitrogens with zero attached hydrogens (tertiary/aromatic N) is 2. The van der Waals surface area contributed by atoms with E-state index in [9.17, 15) is 14.9 Å². The first-order valence-corrected chi connectivity index (χ1v) is 8.64. The maximum Gasteiger partial charge on any atom is 0.273 e. The van der Waals surface area contributed by atoms with Crippen molar-refractivity contribution in [3.63, 3.8) is 0 Å². The van der Waals surface area contributed by atoms with Gasteiger partial charge >= 0.3 is 0 Å². The van der Waals surface area contributed by atoms with Crippen LogP contribution in [0.5, 0.6) is 5.75 Å². The summed E-state index contributed by atoms with van der Waals surface area (Å²) in [6, 6.07) is 7.69. The number of rotatable bonds is 7. The summed E-state index contributed by atoms with van der Waals surface area (Å²) in [6.07, 6.45) is 2.31. The van der Waals surface area contributed by atoms with E-state index in [0.717, 1.165) is 37.4 Å². The molecule has 0 saturated carbocycles. The molecular weight excluding hydrogens is 336 g/mol. The molecule has 0 bridgehead atoms. The molecule has 7 heteroatoms. The van der Waals surface area contributed by atoms with E-state index in [1.807, 2.05) is 19.9 Å². The number of nitro benzene ring substituents is 1. The van der Waals surface area contributed by atoms with Gasteiger partial charge in [0.15, 0.2) is 6.61 Å². The number of nitro groups is 1. The fourth-order valence-electron chi connectivity index (χ4n) is 3.27. The highest BCUT2D eigenvalue weighted by molar-refractivity contribution is 5.98. The number of carbonyl (C=O) groups excluding carboxylic acids is 1. The number of hydrogen-bond donors (Lipinski definition) is 0. The van der Waals surface area contributed by atoms with Crippen LogP contribution in [0.1, 0.15) is 34.6 Å². The molecule has 7 nitrogen and oxygen atoms in total. The van der Waals surface area contributed by atoms with Crippen molar-refractivity contribution in [3.8, 4) is 5.75 Å². The van der Waals surface area contributed by atoms with E-state index in [4.69, 9.17) is 9.47 Å². The Balaban J connectivity index is 1.68. The average molecular weight is 358 g/mol. The van der Waals surface area contributed by atoms with Crippen LogP contribution in [-0.4, -0.2) is 34.6 Å². The Labute approximate surface area is 151 Å². The van der Waals surface area contributed by atoms with Crippen molar-refractivity contribution < 1.29 is 19.2 Å². The lowest BCUT2D eigenvalue weighted by Crippen LogP contribution is -2.18. The molecule has 26 heavy (non-hydrogen) atoms. The Hall–Kier alpha value is -2.67. The standard InChI is InChI=1S/C19H22N2O5/c1-13-9-18(14(2)20(13)11-17-7-4-8-25-17)19(22)12-26-16-6-3-5-15(10-16)21(23)24/h3,5-6,9-10,17H,4,7-8,11-12H2,1-2H3/t17-/m0/s1. The maximum atomic E-state index is 12.6. The molecule has 1 aromatic carbocycles. The van der Waals surface area contributed by atoms with Crippen molar-refractivity contribution in [2.45, 2.75) is 39.3 Å². The van der Waals surface area contributed by atoms with Crippen LogP contribution in [0.2, 0.25) is 0 Å². The third kappa shape index (κ3) is 3.94. The summed E-state index contributed by atoms with van der Waals surface area (Å²) >= 11 is 0. The van der Waals surface area contributed by atoms with Gasteiger partial charge in [0.05, 0.1) is 17.1 Å². The Morgan fingerprint density at radius 2 is 2.19 bits per heavy atom. The molecule has 3 rings (SSSR count). The number of benzene rings is 1. The highest BCUT2D eigenvalue weighted by Gasteiger charge is 2.21. The predicted molar refractivity (Wildman–Crippen MR) is 95.8 cm³/mol. The Morgan fingerprint density at radius 1 is 1.38 bits per heavy atom. The van der Waals surface area contributed by atoms with Crippen molar-refractivity contribution in [1.29, 1.82) is 0 Å². The van der Waals surface area contributed by atoms with Gasteiger partial charge in [-0.15, -0.1) is 0 Å². The number of ketones is 1. The third-order valence-corrected chi connectivity index (χ3v) is 4.68. The molecule has 1 aromatic heterocycles. The molecule has 1 aliphatic heterocycles. The summed E-state index contributed by atoms with van der Waals surface area (Å²) in [5, 5.41) is 10.8. The number of aryl methyl sites for hydroxylation is 1. The molecule has 0 amide bonds. The Bertz CT molecular complexity index is 821. The van der Waals surface area contributed by atoms with Gasteiger partial charge in [0, 0.05) is 36.2 Å². The largest absolute Gasteiger partial charge is 0.485 e. The van der Waals surface area contributed by atoms with E-state index in [1.165, 1.54) is 18.2 Å². The van der Waals surface area contributed by atoms with E-state index in [2.05, 4.69) is 4.57 Å². The zero-order valence-electron chi connectivity index (χ0n) is 14.9. The summed E-state index contributed by atoms with van der Waals surface area (Å²) in [4.78, 5) is 22.9. The minimum atomic E-state index is -0.493. The molecule has 1 atom stereocenters. The molecule has 0 unspecified atom stereocenters. The van der Waals surface area contributed by atoms with Crippen LogP contribution in [0, 0.1) is 24.0 Å². The number of Topliss-reactive ketones (excluding diaryl/α,β-unsaturated/α-hetero) is 1. The van der Waals surface area contributed by atoms with Crippen LogP contribution in [-0.2, 0) is 11.3 Å². The van der Waals surface area contributed by atoms with Crippen molar-refractivity contribution in [2.24, 2.45) is 0 Å². The molecule has 2 heterocycles. The lowest BCUT2D eigenvalue weighted by Gasteiger charge is -2.14. The van der Waals surface area contributed by atoms with E-state index < -0.39 is 4.92 Å². The number of aromatic nitrogens is 1. The van der Waals surface area contributed by atoms with Crippen LogP contribution < -0.4 is 4.74 Å². The van der Waals surface area contributed by atoms with Crippen molar-refractivity contribution in [1.82, 2.24) is 4.57 Å². The minimum absolute atomic E-state index is 0.0651. The number of hydrogen-bond acceptors (Lipinski definition) is 5. The van der Waals surface area contributed by atoms with Crippen molar-refractivity contribution in [2.75, 3.05) is 13.2 Å². The fraction of sp³-hybridized carbons (Fsp3) is 0.421. The van der Waals surface area contributed by atoms with E-state index >= 15 is 0 Å². The van der Waals surface area contributed by atoms with Crippen LogP contribution in [0.4, 0.5) is 5.69 Å². The molecule has 0 aliphatic carbocycles. The van der Waals surface area contributed by atoms with Crippen LogP contribution in [0.25, 0.3) is 0 Å². The van der Waals surface area contributed by atoms with E-state index in [1.54, 1.807) is 6.07 Å². The predicted octanol–water partition coefficient (Wildman–Crippen LogP) is 3.45. The second kappa shape index (κ2) is 7.70. The van der Waals surface area contributed by atoms with Gasteiger partial charge in [-0.3, -0.25) is 14.9 Å². The maximum absolute atomic E-state index is 12.6. The zero-order chi connectivity index (χ0) is 18.7. The highest BCUT2D eigenvalue weighted by Crippen LogP contribution is 2.22. The average Bonchev–Trinajstić information content (AvgIpc) is 3.23. The second-order valence-electron chi connectivity index (χ2n) is 6.50. The van der Waals surface area contributed by atoms with Crippen LogP contribution >= 0.6 is 0 Å². The number of carbonyl (C=O) groups is 1. The SMILES string of the molecule is Cc1cc(C(=O)COc2cccc([N+](=O)[O-])c2)c(C)n1C[C@@H]1CCCO1. The third-order valence-electron chi connectivity index (χ3n) is 4.68. The van der Waals surface area contributed by atoms with Crippen molar-refractivity contribution in [3.05, 3.63) is 57.4 Å². The van der Waals surface area contributed by atoms with Gasteiger partial charge in [-0.1, -0.05) is 6.07 Å². The molecule has 0 spiro atoms. The van der Waals surface area contributed by atoms with E-state index in [0.29, 0.717) is 11.3 Å². The van der Waals surface area contributed by atoms with Gasteiger partial charge in [-0.05, 0) is 38.8 Å². The highest BCUT2D eigenvalue weighted by atomic mass is 16.6. The monoisotopic (exact) mass is 358 g/mol. The van der Waals surface area contributed by atoms with Gasteiger partial charge in [0.25, 0.3) is 5.69 Å². The molecule has 1 fully saturated rings. The van der Waals surface area contributed by atoms with E-state index in [-0.39, 0.29) is 24.2 Å². The van der Waals surface area contributed by atoms with Gasteiger partial charge in [-0.2, -0.15) is 0 Å². The second-order valence-corrected chi connectivity index (χ2v) is 6.50. The van der Waals surface area contributed by atoms with Gasteiger partial charge in [0.1, 0.15) is 5.75 Å². The van der Waals surface area contributed by atoms with Gasteiger partial charge in [0.2, 0.25) is 5.78 Å².